The van der Waals surface area contributed by atoms with E-state index >= 15 is 0 Å². The van der Waals surface area contributed by atoms with E-state index in [-0.39, 0.29) is 0 Å². The predicted molar refractivity (Wildman–Crippen MR) is 77.7 cm³/mol. The molecule has 2 nitrogen and oxygen atoms in total. The second kappa shape index (κ2) is 5.32. The summed E-state index contributed by atoms with van der Waals surface area (Å²) < 4.78 is 0. The van der Waals surface area contributed by atoms with Crippen LogP contribution < -0.4 is 0 Å². The normalized spacial score (nSPS) is 14.3. The zero-order chi connectivity index (χ0) is 13.2. The highest BCUT2D eigenvalue weighted by molar-refractivity contribution is 7.11. The lowest BCUT2D eigenvalue weighted by Crippen LogP contribution is -1.89. The predicted octanol–water partition coefficient (Wildman–Crippen LogP) is 4.33. The van der Waals surface area contributed by atoms with Crippen molar-refractivity contribution in [1.82, 2.24) is 4.98 Å². The van der Waals surface area contributed by atoms with E-state index in [1.54, 1.807) is 11.3 Å². The average Bonchev–Trinajstić information content (AvgIpc) is 3.17. The first-order chi connectivity index (χ1) is 9.26. The summed E-state index contributed by atoms with van der Waals surface area (Å²) in [4.78, 5) is 5.90. The lowest BCUT2D eigenvalue weighted by atomic mass is 10.1. The van der Waals surface area contributed by atoms with E-state index in [4.69, 9.17) is 21.8 Å². The highest BCUT2D eigenvalue weighted by Crippen LogP contribution is 2.43. The summed E-state index contributed by atoms with van der Waals surface area (Å²) in [6.07, 6.45) is 3.77. The van der Waals surface area contributed by atoms with Crippen LogP contribution in [-0.2, 0) is 12.8 Å². The lowest BCUT2D eigenvalue weighted by molar-refractivity contribution is 0.985. The van der Waals surface area contributed by atoms with Crippen molar-refractivity contribution in [2.24, 2.45) is 0 Å². The fourth-order valence-electron chi connectivity index (χ4n) is 2.14. The first kappa shape index (κ1) is 12.7. The van der Waals surface area contributed by atoms with Gasteiger partial charge in [0.25, 0.3) is 0 Å². The molecule has 4 heteroatoms. The SMILES string of the molecule is N#CCc1sc(Cc2ccc(Cl)cc2)nc1C1CC1. The van der Waals surface area contributed by atoms with Crippen LogP contribution in [-0.4, -0.2) is 4.98 Å². The second-order valence-electron chi connectivity index (χ2n) is 4.83. The first-order valence-corrected chi connectivity index (χ1v) is 7.55. The van der Waals surface area contributed by atoms with Crippen LogP contribution in [0.15, 0.2) is 24.3 Å². The fourth-order valence-corrected chi connectivity index (χ4v) is 3.39. The van der Waals surface area contributed by atoms with Crippen LogP contribution in [0.5, 0.6) is 0 Å². The monoisotopic (exact) mass is 288 g/mol. The Morgan fingerprint density at radius 3 is 2.68 bits per heavy atom. The number of nitrogens with zero attached hydrogens (tertiary/aromatic N) is 2. The maximum absolute atomic E-state index is 8.89. The number of hydrogen-bond donors (Lipinski definition) is 0. The van der Waals surface area contributed by atoms with Crippen molar-refractivity contribution in [1.29, 1.82) is 5.26 Å². The van der Waals surface area contributed by atoms with Gasteiger partial charge in [0.15, 0.2) is 0 Å². The molecule has 1 aromatic heterocycles. The summed E-state index contributed by atoms with van der Waals surface area (Å²) in [6, 6.07) is 10.1. The van der Waals surface area contributed by atoms with Crippen LogP contribution in [0.4, 0.5) is 0 Å². The standard InChI is InChI=1S/C15H13ClN2S/c16-12-5-1-10(2-6-12)9-14-18-15(11-3-4-11)13(19-14)7-8-17/h1-2,5-6,11H,3-4,7,9H2. The molecule has 19 heavy (non-hydrogen) atoms. The number of hydrogen-bond acceptors (Lipinski definition) is 3. The van der Waals surface area contributed by atoms with Gasteiger partial charge >= 0.3 is 0 Å². The molecule has 2 aromatic rings. The molecule has 1 aliphatic rings. The van der Waals surface area contributed by atoms with E-state index in [1.165, 1.54) is 24.1 Å². The van der Waals surface area contributed by atoms with Crippen molar-refractivity contribution in [3.05, 3.63) is 50.4 Å². The first-order valence-electron chi connectivity index (χ1n) is 6.36. The Balaban J connectivity index is 1.83. The smallest absolute Gasteiger partial charge is 0.0975 e. The highest BCUT2D eigenvalue weighted by atomic mass is 35.5. The minimum absolute atomic E-state index is 0.490. The molecule has 1 aliphatic carbocycles. The third kappa shape index (κ3) is 2.97. The topological polar surface area (TPSA) is 36.7 Å². The summed E-state index contributed by atoms with van der Waals surface area (Å²) in [7, 11) is 0. The van der Waals surface area contributed by atoms with Gasteiger partial charge in [0.2, 0.25) is 0 Å². The van der Waals surface area contributed by atoms with Gasteiger partial charge in [0.05, 0.1) is 23.2 Å². The van der Waals surface area contributed by atoms with Gasteiger partial charge < -0.3 is 0 Å². The molecule has 0 spiro atoms. The average molecular weight is 289 g/mol. The Hall–Kier alpha value is -1.37. The molecule has 0 atom stereocenters. The Kier molecular flexibility index (Phi) is 3.54. The van der Waals surface area contributed by atoms with E-state index in [1.807, 2.05) is 24.3 Å². The number of benzene rings is 1. The molecule has 1 fully saturated rings. The van der Waals surface area contributed by atoms with E-state index in [9.17, 15) is 0 Å². The van der Waals surface area contributed by atoms with Gasteiger partial charge in [-0.2, -0.15) is 5.26 Å². The van der Waals surface area contributed by atoms with E-state index in [2.05, 4.69) is 6.07 Å². The Labute approximate surface area is 121 Å². The minimum Gasteiger partial charge on any atom is -0.245 e. The van der Waals surface area contributed by atoms with Crippen LogP contribution in [0.2, 0.25) is 5.02 Å². The van der Waals surface area contributed by atoms with Gasteiger partial charge in [0.1, 0.15) is 0 Å². The van der Waals surface area contributed by atoms with Crippen LogP contribution in [0.1, 0.15) is 39.9 Å². The number of halogens is 1. The van der Waals surface area contributed by atoms with Gasteiger partial charge in [-0.05, 0) is 30.5 Å². The number of aromatic nitrogens is 1. The second-order valence-corrected chi connectivity index (χ2v) is 6.43. The van der Waals surface area contributed by atoms with Crippen LogP contribution in [0.25, 0.3) is 0 Å². The zero-order valence-electron chi connectivity index (χ0n) is 10.4. The Bertz CT molecular complexity index is 621. The Morgan fingerprint density at radius 2 is 2.05 bits per heavy atom. The van der Waals surface area contributed by atoms with Crippen LogP contribution >= 0.6 is 22.9 Å². The zero-order valence-corrected chi connectivity index (χ0v) is 12.0. The molecule has 1 saturated carbocycles. The number of nitriles is 1. The maximum Gasteiger partial charge on any atom is 0.0975 e. The van der Waals surface area contributed by atoms with Crippen molar-refractivity contribution < 1.29 is 0 Å². The molecule has 0 N–H and O–H groups in total. The minimum atomic E-state index is 0.490. The van der Waals surface area contributed by atoms with Crippen molar-refractivity contribution in [2.75, 3.05) is 0 Å². The van der Waals surface area contributed by atoms with E-state index < -0.39 is 0 Å². The molecule has 1 heterocycles. The molecule has 0 radical (unpaired) electrons. The van der Waals surface area contributed by atoms with Gasteiger partial charge in [-0.25, -0.2) is 4.98 Å². The van der Waals surface area contributed by atoms with Gasteiger partial charge in [0, 0.05) is 22.2 Å². The molecule has 0 amide bonds. The molecule has 0 saturated heterocycles. The lowest BCUT2D eigenvalue weighted by Gasteiger charge is -1.97. The van der Waals surface area contributed by atoms with Crippen molar-refractivity contribution in [3.63, 3.8) is 0 Å². The van der Waals surface area contributed by atoms with E-state index in [0.717, 1.165) is 21.3 Å². The highest BCUT2D eigenvalue weighted by Gasteiger charge is 2.29. The molecule has 0 aliphatic heterocycles. The van der Waals surface area contributed by atoms with Crippen molar-refractivity contribution in [2.45, 2.75) is 31.6 Å². The number of thiazole rings is 1. The molecule has 0 bridgehead atoms. The Morgan fingerprint density at radius 1 is 1.32 bits per heavy atom. The molecule has 3 rings (SSSR count). The summed E-state index contributed by atoms with van der Waals surface area (Å²) in [5.74, 6) is 0.610. The quantitative estimate of drug-likeness (QED) is 0.839. The molecule has 1 aromatic carbocycles. The van der Waals surface area contributed by atoms with Crippen molar-refractivity contribution in [3.8, 4) is 6.07 Å². The van der Waals surface area contributed by atoms with Crippen LogP contribution in [0, 0.1) is 11.3 Å². The fraction of sp³-hybridized carbons (Fsp3) is 0.333. The van der Waals surface area contributed by atoms with Gasteiger partial charge in [-0.3, -0.25) is 0 Å². The summed E-state index contributed by atoms with van der Waals surface area (Å²) >= 11 is 7.57. The van der Waals surface area contributed by atoms with Crippen LogP contribution in [0.3, 0.4) is 0 Å². The maximum atomic E-state index is 8.89. The number of rotatable bonds is 4. The molecule has 96 valence electrons. The summed E-state index contributed by atoms with van der Waals surface area (Å²) in [6.45, 7) is 0. The largest absolute Gasteiger partial charge is 0.245 e. The summed E-state index contributed by atoms with van der Waals surface area (Å²) in [5.41, 5.74) is 2.39. The third-order valence-corrected chi connectivity index (χ3v) is 4.57. The molecule has 0 unspecified atom stereocenters. The van der Waals surface area contributed by atoms with Crippen molar-refractivity contribution >= 4 is 22.9 Å². The van der Waals surface area contributed by atoms with Gasteiger partial charge in [-0.15, -0.1) is 11.3 Å². The van der Waals surface area contributed by atoms with E-state index in [0.29, 0.717) is 12.3 Å². The third-order valence-electron chi connectivity index (χ3n) is 3.24. The summed E-state index contributed by atoms with van der Waals surface area (Å²) in [5, 5.41) is 10.8. The van der Waals surface area contributed by atoms with Gasteiger partial charge in [-0.1, -0.05) is 23.7 Å². The molecular formula is C15H13ClN2S. The molecular weight excluding hydrogens is 276 g/mol.